The van der Waals surface area contributed by atoms with Gasteiger partial charge in [-0.05, 0) is 51.7 Å². The molecule has 7 nitrogen and oxygen atoms in total. The number of benzene rings is 2. The van der Waals surface area contributed by atoms with Crippen LogP contribution in [0.5, 0.6) is 5.75 Å². The van der Waals surface area contributed by atoms with Crippen LogP contribution >= 0.6 is 11.3 Å². The molecule has 1 heterocycles. The predicted molar refractivity (Wildman–Crippen MR) is 137 cm³/mol. The number of aromatic nitrogens is 1. The van der Waals surface area contributed by atoms with Crippen LogP contribution in [0, 0.1) is 6.92 Å². The third kappa shape index (κ3) is 7.37. The molecule has 2 N–H and O–H groups in total. The van der Waals surface area contributed by atoms with E-state index < -0.39 is 12.1 Å². The second-order valence-electron chi connectivity index (χ2n) is 8.53. The first-order valence-corrected chi connectivity index (χ1v) is 12.4. The topological polar surface area (TPSA) is 97.8 Å². The molecule has 1 unspecified atom stereocenters. The summed E-state index contributed by atoms with van der Waals surface area (Å²) in [5.41, 5.74) is 3.59. The minimum Gasteiger partial charge on any atom is -0.496 e. The number of hydrogen-bond donors (Lipinski definition) is 2. The van der Waals surface area contributed by atoms with Gasteiger partial charge in [-0.2, -0.15) is 0 Å². The summed E-state index contributed by atoms with van der Waals surface area (Å²) in [6, 6.07) is 15.6. The summed E-state index contributed by atoms with van der Waals surface area (Å²) < 4.78 is 11.0. The molecular weight excluding hydrogens is 464 g/mol. The quantitative estimate of drug-likeness (QED) is 0.355. The fourth-order valence-electron chi connectivity index (χ4n) is 3.76. The summed E-state index contributed by atoms with van der Waals surface area (Å²) in [6.45, 7) is 5.81. The zero-order chi connectivity index (χ0) is 25.4. The van der Waals surface area contributed by atoms with E-state index >= 15 is 0 Å². The summed E-state index contributed by atoms with van der Waals surface area (Å²) >= 11 is 1.37. The molecule has 0 aliphatic rings. The molecule has 3 aromatic rings. The normalized spacial score (nSPS) is 11.9. The Morgan fingerprint density at radius 3 is 2.54 bits per heavy atom. The number of methoxy groups -OCH3 is 1. The lowest BCUT2D eigenvalue weighted by molar-refractivity contribution is -0.153. The first-order valence-electron chi connectivity index (χ1n) is 11.6. The van der Waals surface area contributed by atoms with Gasteiger partial charge in [-0.15, -0.1) is 11.3 Å². The Morgan fingerprint density at radius 2 is 1.89 bits per heavy atom. The molecule has 186 valence electrons. The Morgan fingerprint density at radius 1 is 1.14 bits per heavy atom. The molecule has 1 aromatic heterocycles. The largest absolute Gasteiger partial charge is 0.496 e. The van der Waals surface area contributed by atoms with Crippen molar-refractivity contribution in [1.82, 2.24) is 10.3 Å². The van der Waals surface area contributed by atoms with Crippen LogP contribution in [0.1, 0.15) is 53.2 Å². The SMILES string of the molecule is COc1ccc(CCCC(OC(C)C)C(=O)O)cc1CNC(=O)c1sc(-c2ccccc2)nc1C. The second kappa shape index (κ2) is 12.5. The van der Waals surface area contributed by atoms with Crippen LogP contribution in [0.3, 0.4) is 0 Å². The van der Waals surface area contributed by atoms with Gasteiger partial charge in [0.25, 0.3) is 5.91 Å². The molecule has 0 fully saturated rings. The first kappa shape index (κ1) is 26.4. The van der Waals surface area contributed by atoms with Crippen molar-refractivity contribution in [2.75, 3.05) is 7.11 Å². The minimum absolute atomic E-state index is 0.141. The summed E-state index contributed by atoms with van der Waals surface area (Å²) in [5, 5.41) is 13.1. The fourth-order valence-corrected chi connectivity index (χ4v) is 4.75. The highest BCUT2D eigenvalue weighted by Crippen LogP contribution is 2.28. The van der Waals surface area contributed by atoms with Crippen molar-refractivity contribution in [3.8, 4) is 16.3 Å². The number of carboxylic acids is 1. The number of carboxylic acid groups (broad SMARTS) is 1. The number of amides is 1. The van der Waals surface area contributed by atoms with Gasteiger partial charge in [0.15, 0.2) is 6.10 Å². The Hall–Kier alpha value is -3.23. The van der Waals surface area contributed by atoms with Gasteiger partial charge in [0.05, 0.1) is 18.9 Å². The van der Waals surface area contributed by atoms with E-state index in [1.54, 1.807) is 7.11 Å². The number of nitrogens with one attached hydrogen (secondary N) is 1. The number of thiazole rings is 1. The van der Waals surface area contributed by atoms with E-state index in [0.29, 0.717) is 42.1 Å². The van der Waals surface area contributed by atoms with Gasteiger partial charge in [-0.25, -0.2) is 9.78 Å². The maximum atomic E-state index is 12.9. The third-order valence-corrected chi connectivity index (χ3v) is 6.66. The fraction of sp³-hybridized carbons (Fsp3) is 0.370. The highest BCUT2D eigenvalue weighted by atomic mass is 32.1. The smallest absolute Gasteiger partial charge is 0.332 e. The summed E-state index contributed by atoms with van der Waals surface area (Å²) in [7, 11) is 1.60. The zero-order valence-corrected chi connectivity index (χ0v) is 21.4. The number of rotatable bonds is 12. The highest BCUT2D eigenvalue weighted by molar-refractivity contribution is 7.17. The lowest BCUT2D eigenvalue weighted by Crippen LogP contribution is -2.27. The Bertz CT molecular complexity index is 1140. The molecule has 35 heavy (non-hydrogen) atoms. The Labute approximate surface area is 210 Å². The highest BCUT2D eigenvalue weighted by Gasteiger charge is 2.19. The maximum absolute atomic E-state index is 12.9. The van der Waals surface area contributed by atoms with Gasteiger partial charge in [-0.3, -0.25) is 4.79 Å². The van der Waals surface area contributed by atoms with Gasteiger partial charge >= 0.3 is 5.97 Å². The van der Waals surface area contributed by atoms with Crippen molar-refractivity contribution in [2.45, 2.75) is 58.8 Å². The zero-order valence-electron chi connectivity index (χ0n) is 20.5. The number of aliphatic carboxylic acids is 1. The predicted octanol–water partition coefficient (Wildman–Crippen LogP) is 5.26. The molecule has 0 saturated carbocycles. The van der Waals surface area contributed by atoms with Crippen molar-refractivity contribution in [2.24, 2.45) is 0 Å². The summed E-state index contributed by atoms with van der Waals surface area (Å²) in [5.74, 6) is -0.429. The molecule has 3 rings (SSSR count). The van der Waals surface area contributed by atoms with Crippen LogP contribution in [-0.4, -0.2) is 41.3 Å². The van der Waals surface area contributed by atoms with Gasteiger partial charge in [0.1, 0.15) is 15.6 Å². The van der Waals surface area contributed by atoms with Crippen molar-refractivity contribution in [1.29, 1.82) is 0 Å². The number of hydrogen-bond acceptors (Lipinski definition) is 6. The molecule has 0 aliphatic carbocycles. The molecule has 1 amide bonds. The van der Waals surface area contributed by atoms with Crippen LogP contribution in [0.15, 0.2) is 48.5 Å². The van der Waals surface area contributed by atoms with Crippen molar-refractivity contribution < 1.29 is 24.2 Å². The molecule has 0 spiro atoms. The van der Waals surface area contributed by atoms with E-state index in [0.717, 1.165) is 21.7 Å². The number of nitrogens with zero attached hydrogens (tertiary/aromatic N) is 1. The monoisotopic (exact) mass is 496 g/mol. The van der Waals surface area contributed by atoms with Crippen molar-refractivity contribution >= 4 is 23.2 Å². The van der Waals surface area contributed by atoms with E-state index in [-0.39, 0.29) is 12.0 Å². The average Bonchev–Trinajstić information content (AvgIpc) is 3.24. The van der Waals surface area contributed by atoms with Gasteiger partial charge < -0.3 is 19.9 Å². The number of aryl methyl sites for hydroxylation is 2. The van der Waals surface area contributed by atoms with Crippen LogP contribution in [0.4, 0.5) is 0 Å². The van der Waals surface area contributed by atoms with Gasteiger partial charge in [0.2, 0.25) is 0 Å². The standard InChI is InChI=1S/C27H32N2O5S/c1-17(2)34-23(27(31)32)12-8-9-19-13-14-22(33-4)21(15-19)16-28-25(30)24-18(3)29-26(35-24)20-10-6-5-7-11-20/h5-7,10-11,13-15,17,23H,8-9,12,16H2,1-4H3,(H,28,30)(H,31,32). The van der Waals surface area contributed by atoms with Crippen LogP contribution in [0.2, 0.25) is 0 Å². The van der Waals surface area contributed by atoms with E-state index in [4.69, 9.17) is 9.47 Å². The molecule has 0 bridgehead atoms. The number of carbonyl (C=O) groups is 2. The molecule has 0 aliphatic heterocycles. The maximum Gasteiger partial charge on any atom is 0.332 e. The van der Waals surface area contributed by atoms with Crippen molar-refractivity contribution in [3.05, 3.63) is 70.2 Å². The summed E-state index contributed by atoms with van der Waals surface area (Å²) in [6.07, 6.45) is 0.850. The first-order chi connectivity index (χ1) is 16.8. The summed E-state index contributed by atoms with van der Waals surface area (Å²) in [4.78, 5) is 29.5. The van der Waals surface area contributed by atoms with Gasteiger partial charge in [-0.1, -0.05) is 42.5 Å². The molecule has 1 atom stereocenters. The average molecular weight is 497 g/mol. The minimum atomic E-state index is -0.939. The number of carbonyl (C=O) groups excluding carboxylic acids is 1. The van der Waals surface area contributed by atoms with Gasteiger partial charge in [0, 0.05) is 17.7 Å². The molecule has 8 heteroatoms. The lowest BCUT2D eigenvalue weighted by Gasteiger charge is -2.16. The molecule has 0 saturated heterocycles. The Kier molecular flexibility index (Phi) is 9.39. The van der Waals surface area contributed by atoms with E-state index in [9.17, 15) is 14.7 Å². The Balaban J connectivity index is 1.64. The second-order valence-corrected chi connectivity index (χ2v) is 9.53. The van der Waals surface area contributed by atoms with Crippen LogP contribution in [-0.2, 0) is 22.5 Å². The van der Waals surface area contributed by atoms with Crippen molar-refractivity contribution in [3.63, 3.8) is 0 Å². The van der Waals surface area contributed by atoms with E-state index in [2.05, 4.69) is 10.3 Å². The van der Waals surface area contributed by atoms with Crippen LogP contribution < -0.4 is 10.1 Å². The molecular formula is C27H32N2O5S. The van der Waals surface area contributed by atoms with E-state index in [1.807, 2.05) is 69.3 Å². The van der Waals surface area contributed by atoms with E-state index in [1.165, 1.54) is 11.3 Å². The lowest BCUT2D eigenvalue weighted by atomic mass is 10.0. The molecule has 2 aromatic carbocycles. The molecule has 0 radical (unpaired) electrons. The number of ether oxygens (including phenoxy) is 2. The van der Waals surface area contributed by atoms with Crippen LogP contribution in [0.25, 0.3) is 10.6 Å². The third-order valence-electron chi connectivity index (χ3n) is 5.45.